The van der Waals surface area contributed by atoms with Crippen molar-refractivity contribution in [1.82, 2.24) is 20.0 Å². The number of hydrogen-bond donors (Lipinski definition) is 2. The highest BCUT2D eigenvalue weighted by Gasteiger charge is 2.19. The molecule has 1 aromatic heterocycles. The molecule has 1 fully saturated rings. The standard InChI is InChI=1S/C14H25N5O/c1-10-4-7-19(8-5-10)9-6-16-14(20)13-12(15)11(2)17-18(13)3/h10H,4-9,15H2,1-3H3,(H,16,20). The lowest BCUT2D eigenvalue weighted by Gasteiger charge is -2.30. The largest absolute Gasteiger partial charge is 0.395 e. The number of amides is 1. The summed E-state index contributed by atoms with van der Waals surface area (Å²) in [5, 5.41) is 7.09. The SMILES string of the molecule is Cc1nn(C)c(C(=O)NCCN2CCC(C)CC2)c1N. The van der Waals surface area contributed by atoms with Crippen molar-refractivity contribution in [1.29, 1.82) is 0 Å². The number of anilines is 1. The van der Waals surface area contributed by atoms with Gasteiger partial charge in [0.15, 0.2) is 0 Å². The molecule has 0 saturated carbocycles. The Morgan fingerprint density at radius 1 is 1.45 bits per heavy atom. The van der Waals surface area contributed by atoms with Gasteiger partial charge < -0.3 is 16.0 Å². The highest BCUT2D eigenvalue weighted by atomic mass is 16.2. The van der Waals surface area contributed by atoms with E-state index >= 15 is 0 Å². The van der Waals surface area contributed by atoms with Crippen LogP contribution in [0.4, 0.5) is 5.69 Å². The highest BCUT2D eigenvalue weighted by Crippen LogP contribution is 2.16. The predicted molar refractivity (Wildman–Crippen MR) is 79.5 cm³/mol. The number of nitrogens with two attached hydrogens (primary N) is 1. The van der Waals surface area contributed by atoms with Crippen molar-refractivity contribution < 1.29 is 4.79 Å². The van der Waals surface area contributed by atoms with Crippen molar-refractivity contribution in [2.24, 2.45) is 13.0 Å². The fourth-order valence-corrected chi connectivity index (χ4v) is 2.64. The van der Waals surface area contributed by atoms with E-state index in [9.17, 15) is 4.79 Å². The lowest BCUT2D eigenvalue weighted by atomic mass is 9.99. The Morgan fingerprint density at radius 3 is 2.65 bits per heavy atom. The summed E-state index contributed by atoms with van der Waals surface area (Å²) >= 11 is 0. The number of hydrogen-bond acceptors (Lipinski definition) is 4. The summed E-state index contributed by atoms with van der Waals surface area (Å²) in [6, 6.07) is 0. The number of aryl methyl sites for hydroxylation is 2. The number of nitrogens with zero attached hydrogens (tertiary/aromatic N) is 3. The molecule has 0 aliphatic carbocycles. The van der Waals surface area contributed by atoms with E-state index in [1.807, 2.05) is 0 Å². The van der Waals surface area contributed by atoms with Crippen molar-refractivity contribution in [2.45, 2.75) is 26.7 Å². The number of likely N-dealkylation sites (tertiary alicyclic amines) is 1. The van der Waals surface area contributed by atoms with Crippen LogP contribution in [0, 0.1) is 12.8 Å². The van der Waals surface area contributed by atoms with Crippen LogP contribution >= 0.6 is 0 Å². The van der Waals surface area contributed by atoms with E-state index < -0.39 is 0 Å². The maximum Gasteiger partial charge on any atom is 0.271 e. The molecule has 0 radical (unpaired) electrons. The second-order valence-electron chi connectivity index (χ2n) is 5.75. The molecular weight excluding hydrogens is 254 g/mol. The average Bonchev–Trinajstić information content (AvgIpc) is 2.65. The number of rotatable bonds is 4. The van der Waals surface area contributed by atoms with Crippen molar-refractivity contribution in [2.75, 3.05) is 31.9 Å². The first-order valence-electron chi connectivity index (χ1n) is 7.28. The topological polar surface area (TPSA) is 76.2 Å². The zero-order chi connectivity index (χ0) is 14.7. The number of carbonyl (C=O) groups excluding carboxylic acids is 1. The van der Waals surface area contributed by atoms with Gasteiger partial charge >= 0.3 is 0 Å². The first-order valence-corrected chi connectivity index (χ1v) is 7.28. The fourth-order valence-electron chi connectivity index (χ4n) is 2.64. The maximum atomic E-state index is 12.1. The third kappa shape index (κ3) is 3.30. The second-order valence-corrected chi connectivity index (χ2v) is 5.75. The molecule has 6 nitrogen and oxygen atoms in total. The smallest absolute Gasteiger partial charge is 0.271 e. The number of aromatic nitrogens is 2. The number of piperidine rings is 1. The van der Waals surface area contributed by atoms with Gasteiger partial charge in [0.1, 0.15) is 5.69 Å². The normalized spacial score (nSPS) is 17.4. The van der Waals surface area contributed by atoms with Crippen LogP contribution < -0.4 is 11.1 Å². The van der Waals surface area contributed by atoms with Crippen LogP contribution in [0.25, 0.3) is 0 Å². The third-order valence-corrected chi connectivity index (χ3v) is 4.07. The Bertz CT molecular complexity index is 474. The molecule has 6 heteroatoms. The van der Waals surface area contributed by atoms with E-state index in [0.717, 1.165) is 25.6 Å². The zero-order valence-corrected chi connectivity index (χ0v) is 12.6. The van der Waals surface area contributed by atoms with Crippen LogP contribution in [0.1, 0.15) is 35.9 Å². The summed E-state index contributed by atoms with van der Waals surface area (Å²) in [6.07, 6.45) is 2.50. The lowest BCUT2D eigenvalue weighted by Crippen LogP contribution is -2.39. The summed E-state index contributed by atoms with van der Waals surface area (Å²) in [6.45, 7) is 7.91. The molecule has 3 N–H and O–H groups in total. The summed E-state index contributed by atoms with van der Waals surface area (Å²) in [5.74, 6) is 0.689. The van der Waals surface area contributed by atoms with Crippen LogP contribution in [0.15, 0.2) is 0 Å². The molecule has 0 unspecified atom stereocenters. The molecule has 112 valence electrons. The fraction of sp³-hybridized carbons (Fsp3) is 0.714. The van der Waals surface area contributed by atoms with Gasteiger partial charge in [0.25, 0.3) is 5.91 Å². The molecule has 1 aliphatic rings. The van der Waals surface area contributed by atoms with Gasteiger partial charge in [0.05, 0.1) is 11.4 Å². The molecule has 2 heterocycles. The average molecular weight is 279 g/mol. The maximum absolute atomic E-state index is 12.1. The quantitative estimate of drug-likeness (QED) is 0.853. The van der Waals surface area contributed by atoms with Crippen molar-refractivity contribution in [3.8, 4) is 0 Å². The van der Waals surface area contributed by atoms with E-state index in [4.69, 9.17) is 5.73 Å². The minimum absolute atomic E-state index is 0.143. The van der Waals surface area contributed by atoms with Crippen molar-refractivity contribution >= 4 is 11.6 Å². The summed E-state index contributed by atoms with van der Waals surface area (Å²) in [4.78, 5) is 14.5. The van der Waals surface area contributed by atoms with Crippen LogP contribution in [-0.2, 0) is 7.05 Å². The lowest BCUT2D eigenvalue weighted by molar-refractivity contribution is 0.0936. The molecule has 1 amide bonds. The Hall–Kier alpha value is -1.56. The Labute approximate surface area is 120 Å². The van der Waals surface area contributed by atoms with Gasteiger partial charge in [-0.1, -0.05) is 6.92 Å². The van der Waals surface area contributed by atoms with Gasteiger partial charge in [-0.05, 0) is 38.8 Å². The van der Waals surface area contributed by atoms with E-state index in [1.165, 1.54) is 12.8 Å². The summed E-state index contributed by atoms with van der Waals surface area (Å²) < 4.78 is 1.54. The van der Waals surface area contributed by atoms with E-state index in [0.29, 0.717) is 23.6 Å². The summed E-state index contributed by atoms with van der Waals surface area (Å²) in [5.41, 5.74) is 7.50. The van der Waals surface area contributed by atoms with Crippen LogP contribution in [0.5, 0.6) is 0 Å². The molecule has 2 rings (SSSR count). The monoisotopic (exact) mass is 279 g/mol. The second kappa shape index (κ2) is 6.26. The molecule has 1 aliphatic heterocycles. The number of nitrogens with one attached hydrogen (secondary N) is 1. The first kappa shape index (κ1) is 14.8. The van der Waals surface area contributed by atoms with Crippen molar-refractivity contribution in [3.63, 3.8) is 0 Å². The predicted octanol–water partition coefficient (Wildman–Crippen LogP) is 0.772. The Balaban J connectivity index is 1.81. The van der Waals surface area contributed by atoms with Gasteiger partial charge in [-0.3, -0.25) is 9.48 Å². The number of nitrogen functional groups attached to an aromatic ring is 1. The molecule has 0 bridgehead atoms. The number of carbonyl (C=O) groups is 1. The zero-order valence-electron chi connectivity index (χ0n) is 12.6. The molecule has 0 aromatic carbocycles. The minimum Gasteiger partial charge on any atom is -0.395 e. The van der Waals surface area contributed by atoms with E-state index in [1.54, 1.807) is 18.7 Å². The van der Waals surface area contributed by atoms with Crippen LogP contribution in [-0.4, -0.2) is 46.8 Å². The third-order valence-electron chi connectivity index (χ3n) is 4.07. The van der Waals surface area contributed by atoms with Gasteiger partial charge in [0.2, 0.25) is 0 Å². The van der Waals surface area contributed by atoms with Crippen LogP contribution in [0.3, 0.4) is 0 Å². The van der Waals surface area contributed by atoms with Gasteiger partial charge in [-0.15, -0.1) is 0 Å². The van der Waals surface area contributed by atoms with Gasteiger partial charge in [-0.2, -0.15) is 5.10 Å². The molecule has 1 aromatic rings. The Morgan fingerprint density at radius 2 is 2.10 bits per heavy atom. The van der Waals surface area contributed by atoms with Crippen molar-refractivity contribution in [3.05, 3.63) is 11.4 Å². The van der Waals surface area contributed by atoms with Gasteiger partial charge in [0, 0.05) is 20.1 Å². The summed E-state index contributed by atoms with van der Waals surface area (Å²) in [7, 11) is 1.74. The molecule has 1 saturated heterocycles. The molecular formula is C14H25N5O. The van der Waals surface area contributed by atoms with E-state index in [-0.39, 0.29) is 5.91 Å². The minimum atomic E-state index is -0.143. The molecule has 0 atom stereocenters. The van der Waals surface area contributed by atoms with Crippen LogP contribution in [0.2, 0.25) is 0 Å². The van der Waals surface area contributed by atoms with Gasteiger partial charge in [-0.25, -0.2) is 0 Å². The first-order chi connectivity index (χ1) is 9.49. The molecule has 20 heavy (non-hydrogen) atoms. The highest BCUT2D eigenvalue weighted by molar-refractivity contribution is 5.97. The molecule has 0 spiro atoms. The Kier molecular flexibility index (Phi) is 4.65. The van der Waals surface area contributed by atoms with E-state index in [2.05, 4.69) is 22.2 Å².